The van der Waals surface area contributed by atoms with Crippen LogP contribution in [0.1, 0.15) is 27.9 Å². The SMILES string of the molecule is C[n+]1c2ccccc2c(-c2ccc(OCCOCCOCCOCc3cn(CCOCCOCCOc4ccc(-c5c6ccccc6[n+](C)c6ccccc56)cc4)nn3)cc2)c2ccccc21.F[P-](F)(F)(F)(F)F.F[P-](F)(F)(F)(F)F.F[P-](F)(F)(F)(F)F.F[P-](F)(F)(F)(F)F.F[P-](F)(F)(F)(F)F.F[P-](F)(F)(F)(F)F.c1cc2ccc1C[n+]1ccc(cc1)-c1cc[n+](cc1)Cc1ccc(cc1)C[n+]1ccc(cc1)-c1cc[n+](cc1)C2. The first kappa shape index (κ1) is 121. The molecule has 12 bridgehead atoms. The van der Waals surface area contributed by atoms with Gasteiger partial charge in [-0.25, -0.2) is 23.0 Å². The summed E-state index contributed by atoms with van der Waals surface area (Å²) in [5.74, 6) is 1.62. The van der Waals surface area contributed by atoms with E-state index >= 15 is 0 Å². The van der Waals surface area contributed by atoms with Crippen molar-refractivity contribution in [1.29, 1.82) is 0 Å². The molecule has 23 heterocycles. The second-order valence-electron chi connectivity index (χ2n) is 32.6. The number of hydrogen-bond acceptors (Lipinski definition) is 9. The van der Waals surface area contributed by atoms with Crippen LogP contribution in [0.4, 0.5) is 151 Å². The van der Waals surface area contributed by atoms with E-state index in [1.807, 2.05) is 30.5 Å². The molecule has 16 nitrogen and oxygen atoms in total. The Morgan fingerprint density at radius 3 is 0.685 bits per heavy atom. The number of hydrogen-bond donors (Lipinski definition) is 0. The maximum absolute atomic E-state index is 10.7. The zero-order chi connectivity index (χ0) is 111. The fourth-order valence-electron chi connectivity index (χ4n) is 13.9. The molecule has 0 amide bonds. The molecule has 16 aliphatic heterocycles. The van der Waals surface area contributed by atoms with Crippen LogP contribution in [0.2, 0.25) is 0 Å². The van der Waals surface area contributed by atoms with Crippen LogP contribution in [0.3, 0.4) is 0 Å². The molecule has 0 saturated carbocycles. The van der Waals surface area contributed by atoms with Crippen LogP contribution in [-0.4, -0.2) is 87.7 Å². The van der Waals surface area contributed by atoms with E-state index in [9.17, 15) is 151 Å². The van der Waals surface area contributed by atoms with E-state index in [1.54, 1.807) is 4.68 Å². The van der Waals surface area contributed by atoms with Gasteiger partial charge in [0.2, 0.25) is 22.1 Å². The number of fused-ring (bicyclic) bond motifs is 4. The molecule has 0 fully saturated rings. The minimum atomic E-state index is -10.7. The average Bonchev–Trinajstić information content (AvgIpc) is 0.891. The van der Waals surface area contributed by atoms with Gasteiger partial charge in [0.05, 0.1) is 100 Å². The molecule has 31 rings (SSSR count). The zero-order valence-electron chi connectivity index (χ0n) is 77.0. The number of halogens is 36. The molecule has 0 radical (unpaired) electrons. The average molecular weight is 2290 g/mol. The van der Waals surface area contributed by atoms with Crippen molar-refractivity contribution in [1.82, 2.24) is 15.0 Å². The van der Waals surface area contributed by atoms with E-state index in [1.165, 1.54) is 99.2 Å². The Bertz CT molecular complexity index is 6410. The largest absolute Gasteiger partial charge is 0.201 e. The number of benzene rings is 8. The normalized spacial score (nSPS) is 15.1. The van der Waals surface area contributed by atoms with Gasteiger partial charge < -0.3 is 33.2 Å². The monoisotopic (exact) mass is 2290 g/mol. The van der Waals surface area contributed by atoms with Gasteiger partial charge in [-0.2, -0.15) is 9.13 Å². The van der Waals surface area contributed by atoms with Crippen molar-refractivity contribution in [2.45, 2.75) is 39.3 Å². The van der Waals surface area contributed by atoms with Crippen LogP contribution < -0.4 is 36.9 Å². The number of para-hydroxylation sites is 4. The third-order valence-corrected chi connectivity index (χ3v) is 19.6. The summed E-state index contributed by atoms with van der Waals surface area (Å²) in [4.78, 5) is 0. The number of rotatable bonds is 24. The molecule has 8 aromatic carbocycles. The van der Waals surface area contributed by atoms with Gasteiger partial charge in [0.1, 0.15) is 44.5 Å². The Balaban J connectivity index is 0.000000250. The third-order valence-electron chi connectivity index (χ3n) is 19.6. The number of nitrogens with zero attached hydrogens (tertiary/aromatic N) is 9. The van der Waals surface area contributed by atoms with Crippen molar-refractivity contribution < 1.29 is 212 Å². The molecule has 822 valence electrons. The molecular formula is C91H89F36N9O7P6. The molecule has 58 heteroatoms. The van der Waals surface area contributed by atoms with Crippen molar-refractivity contribution >= 4 is 90.5 Å². The molecule has 0 spiro atoms. The van der Waals surface area contributed by atoms with Crippen LogP contribution in [0.15, 0.2) is 298 Å². The second kappa shape index (κ2) is 42.2. The molecule has 0 unspecified atom stereocenters. The molecule has 0 atom stereocenters. The Morgan fingerprint density at radius 1 is 0.242 bits per heavy atom. The van der Waals surface area contributed by atoms with Crippen LogP contribution in [0, 0.1) is 0 Å². The minimum Gasteiger partial charge on any atom is -0.201 e. The van der Waals surface area contributed by atoms with E-state index in [0.717, 1.165) is 54.5 Å². The molecule has 0 aliphatic carbocycles. The Morgan fingerprint density at radius 2 is 0.450 bits per heavy atom. The van der Waals surface area contributed by atoms with Crippen LogP contribution in [0.25, 0.3) is 88.1 Å². The summed E-state index contributed by atoms with van der Waals surface area (Å²) in [6.45, 7) is 9.53. The van der Waals surface area contributed by atoms with Crippen LogP contribution >= 0.6 is 46.9 Å². The Hall–Kier alpha value is -11.7. The summed E-state index contributed by atoms with van der Waals surface area (Å²) in [5, 5.41) is 13.3. The van der Waals surface area contributed by atoms with Gasteiger partial charge in [0.25, 0.3) is 0 Å². The number of ether oxygens (including phenoxy) is 7. The molecule has 149 heavy (non-hydrogen) atoms. The third kappa shape index (κ3) is 55.1. The van der Waals surface area contributed by atoms with Gasteiger partial charge in [-0.15, -0.1) is 5.10 Å². The predicted molar refractivity (Wildman–Crippen MR) is 495 cm³/mol. The summed E-state index contributed by atoms with van der Waals surface area (Å²) in [6.07, 6.45) is 19.2. The Labute approximate surface area is 822 Å². The fraction of sp³-hybridized carbons (Fsp3) is 0.209. The number of aromatic nitrogens is 9. The van der Waals surface area contributed by atoms with E-state index in [2.05, 4.69) is 320 Å². The molecular weight excluding hydrogens is 2200 g/mol. The topological polar surface area (TPSA) is 119 Å². The zero-order valence-corrected chi connectivity index (χ0v) is 82.4. The van der Waals surface area contributed by atoms with Gasteiger partial charge in [-0.1, -0.05) is 127 Å². The molecule has 16 aliphatic rings. The van der Waals surface area contributed by atoms with Gasteiger partial charge >= 0.3 is 198 Å². The molecule has 0 N–H and O–H groups in total. The minimum absolute atomic E-state index is 0.358. The van der Waals surface area contributed by atoms with Gasteiger partial charge in [-0.3, -0.25) is 0 Å². The first-order valence-electron chi connectivity index (χ1n) is 42.9. The van der Waals surface area contributed by atoms with Crippen molar-refractivity contribution in [3.63, 3.8) is 0 Å². The second-order valence-corrected chi connectivity index (χ2v) is 44.1. The van der Waals surface area contributed by atoms with Crippen LogP contribution in [0.5, 0.6) is 11.5 Å². The smallest absolute Gasteiger partial charge is 0.173 e. The van der Waals surface area contributed by atoms with Gasteiger partial charge in [0, 0.05) is 106 Å². The standard InChI is InChI=1S/C55H57N5O7.C36H32N4.6F6P/c1-58-50-15-7-3-11-46(50)54(47-12-4-8-16-51(47)58)41-19-23-44(24-20-41)66-37-35-63-30-29-61-28-27-60-39-43(56-57-60)40-65-34-33-62-31-32-64-36-38-67-45-25-21-42(22-26-45)55-48-13-5-9-17-52(48)59(2)53-18-10-6-14-49(53)55;1-2-30-4-3-29(1)25-37-17-9-33(10-18-37)35-13-21-39(22-14-35)27-31-5-7-32(8-6-31)28-40-23-15-36(16-24-40)34-11-19-38(26-30)20-12-34;6*1-7(2,3,4,5)6/h3-26,39H,27-38,40H2,1-2H3;1-24H,25-28H2;;;;;;/q+2;+4;6*-1. The Kier molecular flexibility index (Phi) is 34.2. The molecule has 15 aromatic rings. The van der Waals surface area contributed by atoms with Crippen molar-refractivity contribution in [3.8, 4) is 56.0 Å². The van der Waals surface area contributed by atoms with Crippen molar-refractivity contribution in [3.05, 3.63) is 326 Å². The van der Waals surface area contributed by atoms with E-state index < -0.39 is 46.9 Å². The number of aryl methyl sites for hydroxylation is 2. The van der Waals surface area contributed by atoms with Crippen molar-refractivity contribution in [2.24, 2.45) is 14.1 Å². The fourth-order valence-corrected chi connectivity index (χ4v) is 13.9. The van der Waals surface area contributed by atoms with Crippen LogP contribution in [-0.2, 0) is 77.1 Å². The predicted octanol–water partition coefficient (Wildman–Crippen LogP) is 33.6. The van der Waals surface area contributed by atoms with E-state index in [4.69, 9.17) is 33.2 Å². The van der Waals surface area contributed by atoms with Crippen molar-refractivity contribution in [2.75, 3.05) is 72.7 Å². The summed E-state index contributed by atoms with van der Waals surface area (Å²) in [6, 6.07) is 86.3. The van der Waals surface area contributed by atoms with Gasteiger partial charge in [0.15, 0.2) is 75.8 Å². The van der Waals surface area contributed by atoms with Gasteiger partial charge in [-0.05, 0) is 81.9 Å². The van der Waals surface area contributed by atoms with E-state index in [-0.39, 0.29) is 0 Å². The first-order chi connectivity index (χ1) is 67.5. The summed E-state index contributed by atoms with van der Waals surface area (Å²) < 4.78 is 411. The molecule has 7 aromatic heterocycles. The quantitative estimate of drug-likeness (QED) is 0.0192. The molecule has 0 saturated heterocycles. The first-order valence-corrected chi connectivity index (χ1v) is 55.1. The van der Waals surface area contributed by atoms with E-state index in [0.29, 0.717) is 85.8 Å². The summed E-state index contributed by atoms with van der Waals surface area (Å²) >= 11 is 0. The maximum atomic E-state index is 9.87. The number of pyridine rings is 6. The summed E-state index contributed by atoms with van der Waals surface area (Å²) in [7, 11) is -59.7. The maximum Gasteiger partial charge on any atom is 0.173 e. The summed E-state index contributed by atoms with van der Waals surface area (Å²) in [5.41, 5.74) is 20.4.